The molecule has 0 saturated carbocycles. The zero-order valence-corrected chi connectivity index (χ0v) is 21.3. The van der Waals surface area contributed by atoms with Crippen molar-refractivity contribution >= 4 is 22.8 Å². The standard InChI is InChI=1S/C29H32N2O6/c1-16-20-15-31-14-13-19-18-11-7-8-12-21(18)30-24(19)25(31)26(37-27(32)17-9-5-4-6-10-17)22(20)23(28(33)34-2)29(35-3)36-16/h4-12,16,20,22-23,25-26,29-30H,13-15H2,1-3H3/t16-,20+,22+,23+,25+,26+,29+/m1/s1. The van der Waals surface area contributed by atoms with Crippen molar-refractivity contribution in [1.82, 2.24) is 9.88 Å². The Kier molecular flexibility index (Phi) is 6.26. The van der Waals surface area contributed by atoms with E-state index in [4.69, 9.17) is 18.9 Å². The van der Waals surface area contributed by atoms with Crippen LogP contribution in [0.5, 0.6) is 0 Å². The molecule has 8 nitrogen and oxygen atoms in total. The molecule has 3 aliphatic rings. The van der Waals surface area contributed by atoms with E-state index < -0.39 is 30.3 Å². The lowest BCUT2D eigenvalue weighted by atomic mass is 9.66. The highest BCUT2D eigenvalue weighted by molar-refractivity contribution is 5.89. The van der Waals surface area contributed by atoms with Gasteiger partial charge in [-0.2, -0.15) is 0 Å². The predicted octanol–water partition coefficient (Wildman–Crippen LogP) is 3.72. The minimum absolute atomic E-state index is 0.0498. The molecule has 7 atom stereocenters. The van der Waals surface area contributed by atoms with Crippen LogP contribution in [0.15, 0.2) is 54.6 Å². The number of aromatic amines is 1. The summed E-state index contributed by atoms with van der Waals surface area (Å²) in [6.45, 7) is 3.55. The number of rotatable bonds is 4. The number of nitrogens with one attached hydrogen (secondary N) is 1. The van der Waals surface area contributed by atoms with Crippen LogP contribution >= 0.6 is 0 Å². The first-order valence-electron chi connectivity index (χ1n) is 12.9. The van der Waals surface area contributed by atoms with E-state index in [0.29, 0.717) is 12.1 Å². The maximum Gasteiger partial charge on any atom is 0.338 e. The van der Waals surface area contributed by atoms with Gasteiger partial charge in [-0.05, 0) is 37.1 Å². The molecule has 1 aromatic heterocycles. The first-order valence-corrected chi connectivity index (χ1v) is 12.9. The summed E-state index contributed by atoms with van der Waals surface area (Å²) in [6, 6.07) is 17.0. The minimum Gasteiger partial charge on any atom is -0.469 e. The Labute approximate surface area is 215 Å². The highest BCUT2D eigenvalue weighted by atomic mass is 16.7. The third-order valence-corrected chi connectivity index (χ3v) is 8.43. The Balaban J connectivity index is 1.49. The van der Waals surface area contributed by atoms with E-state index in [-0.39, 0.29) is 24.0 Å². The van der Waals surface area contributed by atoms with Crippen LogP contribution in [0.4, 0.5) is 0 Å². The van der Waals surface area contributed by atoms with Gasteiger partial charge in [0.05, 0.1) is 24.8 Å². The number of H-pyrrole nitrogens is 1. The molecule has 0 unspecified atom stereocenters. The van der Waals surface area contributed by atoms with Gasteiger partial charge in [-0.1, -0.05) is 36.4 Å². The van der Waals surface area contributed by atoms with Gasteiger partial charge in [-0.3, -0.25) is 9.69 Å². The lowest BCUT2D eigenvalue weighted by Gasteiger charge is -2.56. The second-order valence-corrected chi connectivity index (χ2v) is 10.2. The smallest absolute Gasteiger partial charge is 0.338 e. The lowest BCUT2D eigenvalue weighted by Crippen LogP contribution is -2.64. The number of hydrogen-bond acceptors (Lipinski definition) is 7. The summed E-state index contributed by atoms with van der Waals surface area (Å²) in [5.74, 6) is -1.97. The van der Waals surface area contributed by atoms with E-state index in [2.05, 4.69) is 22.0 Å². The topological polar surface area (TPSA) is 90.1 Å². The molecular formula is C29H32N2O6. The van der Waals surface area contributed by atoms with Gasteiger partial charge in [0, 0.05) is 48.6 Å². The zero-order valence-electron chi connectivity index (χ0n) is 21.3. The monoisotopic (exact) mass is 504 g/mol. The number of nitrogens with zero attached hydrogens (tertiary/aromatic N) is 1. The number of aromatic nitrogens is 1. The van der Waals surface area contributed by atoms with Gasteiger partial charge in [0.1, 0.15) is 12.0 Å². The van der Waals surface area contributed by atoms with Crippen LogP contribution in [0.1, 0.15) is 34.6 Å². The van der Waals surface area contributed by atoms with E-state index >= 15 is 0 Å². The molecule has 2 fully saturated rings. The van der Waals surface area contributed by atoms with E-state index in [0.717, 1.165) is 24.2 Å². The number of carbonyl (C=O) groups is 2. The van der Waals surface area contributed by atoms with Gasteiger partial charge in [0.2, 0.25) is 0 Å². The first kappa shape index (κ1) is 24.2. The Hall–Kier alpha value is -3.20. The molecule has 6 rings (SSSR count). The Bertz CT molecular complexity index is 1310. The van der Waals surface area contributed by atoms with Crippen molar-refractivity contribution in [2.75, 3.05) is 27.3 Å². The lowest BCUT2D eigenvalue weighted by molar-refractivity contribution is -0.271. The fourth-order valence-electron chi connectivity index (χ4n) is 6.77. The zero-order chi connectivity index (χ0) is 25.7. The van der Waals surface area contributed by atoms with Crippen LogP contribution in [0.2, 0.25) is 0 Å². The Morgan fingerprint density at radius 2 is 1.81 bits per heavy atom. The van der Waals surface area contributed by atoms with Crippen molar-refractivity contribution in [3.63, 3.8) is 0 Å². The number of hydrogen-bond donors (Lipinski definition) is 1. The largest absolute Gasteiger partial charge is 0.469 e. The molecule has 194 valence electrons. The first-order chi connectivity index (χ1) is 18.0. The predicted molar refractivity (Wildman–Crippen MR) is 136 cm³/mol. The average Bonchev–Trinajstić information content (AvgIpc) is 3.31. The summed E-state index contributed by atoms with van der Waals surface area (Å²) in [7, 11) is 2.91. The molecule has 2 saturated heterocycles. The van der Waals surface area contributed by atoms with E-state index in [1.165, 1.54) is 25.2 Å². The number of piperidine rings is 1. The quantitative estimate of drug-likeness (QED) is 0.542. The van der Waals surface area contributed by atoms with Crippen LogP contribution in [0.3, 0.4) is 0 Å². The van der Waals surface area contributed by atoms with Gasteiger partial charge < -0.3 is 23.9 Å². The van der Waals surface area contributed by atoms with Crippen LogP contribution in [0.25, 0.3) is 10.9 Å². The molecule has 0 amide bonds. The highest BCUT2D eigenvalue weighted by Gasteiger charge is 2.59. The third-order valence-electron chi connectivity index (χ3n) is 8.43. The molecule has 0 radical (unpaired) electrons. The molecule has 3 aliphatic heterocycles. The minimum atomic E-state index is -0.793. The van der Waals surface area contributed by atoms with Crippen molar-refractivity contribution < 1.29 is 28.5 Å². The summed E-state index contributed by atoms with van der Waals surface area (Å²) in [4.78, 5) is 32.7. The van der Waals surface area contributed by atoms with Gasteiger partial charge >= 0.3 is 11.9 Å². The molecule has 8 heteroatoms. The second kappa shape index (κ2) is 9.59. The fourth-order valence-corrected chi connectivity index (χ4v) is 6.77. The molecule has 1 N–H and O–H groups in total. The summed E-state index contributed by atoms with van der Waals surface area (Å²) >= 11 is 0. The van der Waals surface area contributed by atoms with Crippen LogP contribution in [-0.2, 0) is 30.2 Å². The van der Waals surface area contributed by atoms with Crippen molar-refractivity contribution in [3.05, 3.63) is 71.4 Å². The van der Waals surface area contributed by atoms with Crippen LogP contribution in [-0.4, -0.2) is 67.6 Å². The number of carbonyl (C=O) groups excluding carboxylic acids is 2. The van der Waals surface area contributed by atoms with Crippen LogP contribution < -0.4 is 0 Å². The molecular weight excluding hydrogens is 472 g/mol. The van der Waals surface area contributed by atoms with E-state index in [1.807, 2.05) is 37.3 Å². The molecule has 0 aliphatic carbocycles. The molecule has 3 aromatic rings. The van der Waals surface area contributed by atoms with Crippen molar-refractivity contribution in [1.29, 1.82) is 0 Å². The van der Waals surface area contributed by atoms with Gasteiger partial charge in [-0.25, -0.2) is 4.79 Å². The normalized spacial score (nSPS) is 31.2. The van der Waals surface area contributed by atoms with Gasteiger partial charge in [0.15, 0.2) is 6.29 Å². The molecule has 0 spiro atoms. The number of fused-ring (bicyclic) bond motifs is 6. The van der Waals surface area contributed by atoms with Crippen molar-refractivity contribution in [3.8, 4) is 0 Å². The maximum absolute atomic E-state index is 13.5. The molecule has 0 bridgehead atoms. The van der Waals surface area contributed by atoms with E-state index in [1.54, 1.807) is 12.1 Å². The Morgan fingerprint density at radius 3 is 2.57 bits per heavy atom. The maximum atomic E-state index is 13.5. The fraction of sp³-hybridized carbons (Fsp3) is 0.448. The van der Waals surface area contributed by atoms with Crippen molar-refractivity contribution in [2.24, 2.45) is 17.8 Å². The third kappa shape index (κ3) is 3.95. The summed E-state index contributed by atoms with van der Waals surface area (Å²) < 4.78 is 23.5. The van der Waals surface area contributed by atoms with Crippen LogP contribution in [0, 0.1) is 17.8 Å². The second-order valence-electron chi connectivity index (χ2n) is 10.2. The average molecular weight is 505 g/mol. The Morgan fingerprint density at radius 1 is 1.05 bits per heavy atom. The number of para-hydroxylation sites is 1. The number of methoxy groups -OCH3 is 2. The SMILES string of the molecule is COC(=O)[C@H]1[C@@H](OC)O[C@H](C)[C@@H]2CN3CCc4c([nH]c5ccccc45)[C@H]3[C@@H](OC(=O)c3ccccc3)[C@@H]21. The highest BCUT2D eigenvalue weighted by Crippen LogP contribution is 2.51. The molecule has 37 heavy (non-hydrogen) atoms. The van der Waals surface area contributed by atoms with Gasteiger partial charge in [0.25, 0.3) is 0 Å². The number of ether oxygens (including phenoxy) is 4. The summed E-state index contributed by atoms with van der Waals surface area (Å²) in [5, 5.41) is 1.19. The summed E-state index contributed by atoms with van der Waals surface area (Å²) in [6.07, 6.45) is -0.715. The summed E-state index contributed by atoms with van der Waals surface area (Å²) in [5.41, 5.74) is 3.83. The van der Waals surface area contributed by atoms with Crippen molar-refractivity contribution in [2.45, 2.75) is 37.9 Å². The molecule has 2 aromatic carbocycles. The molecule has 4 heterocycles. The van der Waals surface area contributed by atoms with E-state index in [9.17, 15) is 9.59 Å². The van der Waals surface area contributed by atoms with Gasteiger partial charge in [-0.15, -0.1) is 0 Å². The number of esters is 2. The number of benzene rings is 2.